The van der Waals surface area contributed by atoms with Crippen molar-refractivity contribution in [3.63, 3.8) is 0 Å². The molecule has 1 aromatic carbocycles. The number of carbonyl (C=O) groups is 3. The number of fused-ring (bicyclic) bond motifs is 1. The minimum Gasteiger partial charge on any atom is -0.543 e. The van der Waals surface area contributed by atoms with Gasteiger partial charge in [0.1, 0.15) is 0 Å². The van der Waals surface area contributed by atoms with Gasteiger partial charge in [0.15, 0.2) is 6.23 Å². The average Bonchev–Trinajstić information content (AvgIpc) is 2.66. The van der Waals surface area contributed by atoms with Gasteiger partial charge in [0.25, 0.3) is 11.6 Å². The molecule has 2 atom stereocenters. The summed E-state index contributed by atoms with van der Waals surface area (Å²) in [6, 6.07) is 8.97. The maximum atomic E-state index is 12.7. The molecule has 9 nitrogen and oxygen atoms in total. The van der Waals surface area contributed by atoms with Crippen LogP contribution >= 0.6 is 0 Å². The van der Waals surface area contributed by atoms with Crippen LogP contribution in [0.15, 0.2) is 41.6 Å². The summed E-state index contributed by atoms with van der Waals surface area (Å²) in [5, 5.41) is 14.1. The van der Waals surface area contributed by atoms with Crippen molar-refractivity contribution in [3.8, 4) is 0 Å². The van der Waals surface area contributed by atoms with E-state index in [-0.39, 0.29) is 60.5 Å². The molecule has 3 rings (SSSR count). The van der Waals surface area contributed by atoms with Crippen molar-refractivity contribution in [1.82, 2.24) is 10.2 Å². The molecule has 0 saturated carbocycles. The summed E-state index contributed by atoms with van der Waals surface area (Å²) in [5.41, 5.74) is -1.08. The van der Waals surface area contributed by atoms with Crippen molar-refractivity contribution < 1.29 is 63.3 Å². The molecule has 0 aliphatic carbocycles. The van der Waals surface area contributed by atoms with Crippen LogP contribution in [0.3, 0.4) is 0 Å². The molecule has 1 N–H and O–H groups in total. The van der Waals surface area contributed by atoms with Gasteiger partial charge in [-0.1, -0.05) is 30.3 Å². The smallest absolute Gasteiger partial charge is 0.543 e. The molecule has 2 heterocycles. The van der Waals surface area contributed by atoms with E-state index in [2.05, 4.69) is 5.32 Å². The number of carboxylic acid groups (broad SMARTS) is 1. The van der Waals surface area contributed by atoms with E-state index in [0.717, 1.165) is 10.5 Å². The van der Waals surface area contributed by atoms with E-state index in [1.807, 2.05) is 6.07 Å². The zero-order valence-corrected chi connectivity index (χ0v) is 17.9. The van der Waals surface area contributed by atoms with Crippen LogP contribution in [-0.4, -0.2) is 62.1 Å². The quantitative estimate of drug-likeness (QED) is 0.280. The van der Waals surface area contributed by atoms with E-state index >= 15 is 0 Å². The number of nitrogens with one attached hydrogen (secondary N) is 1. The third-order valence-corrected chi connectivity index (χ3v) is 4.48. The molecule has 2 aliphatic heterocycles. The Hall–Kier alpha value is -1.75. The molecule has 10 heteroatoms. The van der Waals surface area contributed by atoms with E-state index < -0.39 is 29.7 Å². The summed E-state index contributed by atoms with van der Waals surface area (Å²) in [7, 11) is 2.64. The maximum Gasteiger partial charge on any atom is 1.00 e. The van der Waals surface area contributed by atoms with Crippen molar-refractivity contribution in [1.29, 1.82) is 0 Å². The van der Waals surface area contributed by atoms with Gasteiger partial charge in [0.2, 0.25) is 5.91 Å². The maximum absolute atomic E-state index is 12.7. The molecule has 2 amide bonds. The zero-order chi connectivity index (χ0) is 19.6. The van der Waals surface area contributed by atoms with E-state index in [9.17, 15) is 19.5 Å². The van der Waals surface area contributed by atoms with Crippen molar-refractivity contribution in [2.24, 2.45) is 0 Å². The number of benzene rings is 1. The van der Waals surface area contributed by atoms with Crippen molar-refractivity contribution in [2.45, 2.75) is 18.4 Å². The molecular formula is C18H19N2NaO7. The minimum absolute atomic E-state index is 0. The first kappa shape index (κ1) is 22.5. The summed E-state index contributed by atoms with van der Waals surface area (Å²) in [6.45, 7) is -0.120. The van der Waals surface area contributed by atoms with Gasteiger partial charge < -0.3 is 29.4 Å². The van der Waals surface area contributed by atoms with E-state index in [0.29, 0.717) is 0 Å². The SMILES string of the molecule is COCC1=C(C(=O)[O-])N2C(=O)[C@](NC(=O)Cc3ccccc3)(OC)[C@H]2OC1.[Na+]. The number of β-lactam (4-membered cyclic amide) rings is 1. The third-order valence-electron chi connectivity index (χ3n) is 4.48. The Morgan fingerprint density at radius 2 is 2.00 bits per heavy atom. The number of aliphatic carboxylic acids is 1. The summed E-state index contributed by atoms with van der Waals surface area (Å²) >= 11 is 0. The first-order valence-electron chi connectivity index (χ1n) is 8.22. The second-order valence-corrected chi connectivity index (χ2v) is 6.16. The van der Waals surface area contributed by atoms with E-state index in [1.54, 1.807) is 24.3 Å². The minimum atomic E-state index is -1.79. The number of ether oxygens (including phenoxy) is 3. The standard InChI is InChI=1S/C18H20N2O7.Na/c1-25-9-12-10-27-17-18(26-2,16(24)20(17)14(12)15(22)23)19-13(21)8-11-6-4-3-5-7-11;/h3-7,17H,8-10H2,1-2H3,(H,19,21)(H,22,23);/q;+1/p-1/t17-,18+;/m1./s1. The van der Waals surface area contributed by atoms with Crippen LogP contribution < -0.4 is 40.0 Å². The number of hydrogen-bond donors (Lipinski definition) is 1. The first-order valence-corrected chi connectivity index (χ1v) is 8.22. The second kappa shape index (κ2) is 9.17. The second-order valence-electron chi connectivity index (χ2n) is 6.16. The predicted octanol–water partition coefficient (Wildman–Crippen LogP) is -4.46. The summed E-state index contributed by atoms with van der Waals surface area (Å²) in [5.74, 6) is -2.73. The first-order chi connectivity index (χ1) is 12.9. The molecule has 0 spiro atoms. The number of nitrogens with zero attached hydrogens (tertiary/aromatic N) is 1. The van der Waals surface area contributed by atoms with Crippen molar-refractivity contribution in [3.05, 3.63) is 47.2 Å². The van der Waals surface area contributed by atoms with Crippen molar-refractivity contribution >= 4 is 17.8 Å². The van der Waals surface area contributed by atoms with Crippen LogP contribution in [0.2, 0.25) is 0 Å². The Labute approximate surface area is 183 Å². The molecule has 144 valence electrons. The fraction of sp³-hybridized carbons (Fsp3) is 0.389. The molecule has 2 aliphatic rings. The molecule has 1 aromatic rings. The number of methoxy groups -OCH3 is 2. The Kier molecular flexibility index (Phi) is 7.38. The Morgan fingerprint density at radius 1 is 1.32 bits per heavy atom. The van der Waals surface area contributed by atoms with Gasteiger partial charge in [0.05, 0.1) is 31.3 Å². The molecule has 0 unspecified atom stereocenters. The average molecular weight is 398 g/mol. The van der Waals surface area contributed by atoms with Crippen LogP contribution in [0.1, 0.15) is 5.56 Å². The van der Waals surface area contributed by atoms with Gasteiger partial charge in [-0.3, -0.25) is 14.5 Å². The van der Waals surface area contributed by atoms with Crippen LogP contribution in [0.4, 0.5) is 0 Å². The predicted molar refractivity (Wildman–Crippen MR) is 88.5 cm³/mol. The summed E-state index contributed by atoms with van der Waals surface area (Å²) < 4.78 is 15.8. The van der Waals surface area contributed by atoms with Crippen LogP contribution in [0.25, 0.3) is 0 Å². The van der Waals surface area contributed by atoms with E-state index in [4.69, 9.17) is 14.2 Å². The topological polar surface area (TPSA) is 117 Å². The monoisotopic (exact) mass is 398 g/mol. The van der Waals surface area contributed by atoms with Crippen LogP contribution in [0.5, 0.6) is 0 Å². The van der Waals surface area contributed by atoms with Crippen LogP contribution in [0, 0.1) is 0 Å². The molecule has 0 aromatic heterocycles. The van der Waals surface area contributed by atoms with Gasteiger partial charge in [-0.25, -0.2) is 0 Å². The normalized spacial score (nSPS) is 23.4. The molecule has 1 saturated heterocycles. The van der Waals surface area contributed by atoms with Gasteiger partial charge in [-0.2, -0.15) is 0 Å². The Balaban J connectivity index is 0.00000280. The van der Waals surface area contributed by atoms with Gasteiger partial charge in [-0.05, 0) is 5.56 Å². The number of carboxylic acids is 1. The molecule has 28 heavy (non-hydrogen) atoms. The molecular weight excluding hydrogens is 379 g/mol. The van der Waals surface area contributed by atoms with Gasteiger partial charge in [0, 0.05) is 19.8 Å². The number of amides is 2. The fourth-order valence-electron chi connectivity index (χ4n) is 3.25. The van der Waals surface area contributed by atoms with Crippen molar-refractivity contribution in [2.75, 3.05) is 27.4 Å². The Bertz CT molecular complexity index is 798. The van der Waals surface area contributed by atoms with Crippen LogP contribution in [-0.2, 0) is 35.0 Å². The number of rotatable bonds is 7. The number of hydrogen-bond acceptors (Lipinski definition) is 7. The van der Waals surface area contributed by atoms with Gasteiger partial charge >= 0.3 is 29.6 Å². The zero-order valence-electron chi connectivity index (χ0n) is 15.9. The molecule has 0 radical (unpaired) electrons. The third kappa shape index (κ3) is 3.86. The van der Waals surface area contributed by atoms with E-state index in [1.165, 1.54) is 14.2 Å². The largest absolute Gasteiger partial charge is 1.00 e. The van der Waals surface area contributed by atoms with Gasteiger partial charge in [-0.15, -0.1) is 0 Å². The molecule has 0 bridgehead atoms. The summed E-state index contributed by atoms with van der Waals surface area (Å²) in [4.78, 5) is 37.6. The Morgan fingerprint density at radius 3 is 2.57 bits per heavy atom. The fourth-order valence-corrected chi connectivity index (χ4v) is 3.25. The molecule has 1 fully saturated rings. The number of carbonyl (C=O) groups excluding carboxylic acids is 3. The summed E-state index contributed by atoms with van der Waals surface area (Å²) in [6.07, 6.45) is -1.08.